The van der Waals surface area contributed by atoms with Crippen LogP contribution in [-0.2, 0) is 16.1 Å². The van der Waals surface area contributed by atoms with Gasteiger partial charge >= 0.3 is 5.97 Å². The quantitative estimate of drug-likeness (QED) is 0.339. The molecule has 1 atom stereocenters. The number of carbonyl (C=O) groups is 2. The first-order valence-corrected chi connectivity index (χ1v) is 10.2. The average Bonchev–Trinajstić information content (AvgIpc) is 3.36. The van der Waals surface area contributed by atoms with Crippen LogP contribution in [0.4, 0.5) is 5.69 Å². The summed E-state index contributed by atoms with van der Waals surface area (Å²) < 4.78 is 12.4. The maximum absolute atomic E-state index is 13.4. The van der Waals surface area contributed by atoms with E-state index in [1.54, 1.807) is 46.9 Å². The van der Waals surface area contributed by atoms with Crippen LogP contribution in [0.15, 0.2) is 47.1 Å². The predicted octanol–water partition coefficient (Wildman–Crippen LogP) is 3.61. The van der Waals surface area contributed by atoms with Gasteiger partial charge in [-0.05, 0) is 25.3 Å². The van der Waals surface area contributed by atoms with E-state index in [0.29, 0.717) is 43.0 Å². The van der Waals surface area contributed by atoms with Crippen LogP contribution >= 0.6 is 0 Å². The summed E-state index contributed by atoms with van der Waals surface area (Å²) in [6.45, 7) is 3.21. The lowest BCUT2D eigenvalue weighted by molar-refractivity contribution is -0.384. The second-order valence-corrected chi connectivity index (χ2v) is 7.56. The molecular formula is C22H23N3O6. The molecule has 0 saturated carbocycles. The normalized spacial score (nSPS) is 16.4. The minimum atomic E-state index is -0.443. The van der Waals surface area contributed by atoms with E-state index in [0.717, 1.165) is 11.9 Å². The number of nitro benzene ring substituents is 1. The number of nitrogens with zero attached hydrogens (tertiary/aromatic N) is 3. The topological polar surface area (TPSA) is 108 Å². The number of likely N-dealkylation sites (tertiary alicyclic amines) is 1. The Hall–Kier alpha value is -3.62. The molecule has 4 rings (SSSR count). The van der Waals surface area contributed by atoms with Crippen LogP contribution in [0.3, 0.4) is 0 Å². The Balaban J connectivity index is 1.63. The highest BCUT2D eigenvalue weighted by Gasteiger charge is 2.31. The molecule has 0 radical (unpaired) electrons. The van der Waals surface area contributed by atoms with E-state index in [1.165, 1.54) is 12.1 Å². The van der Waals surface area contributed by atoms with Gasteiger partial charge in [0, 0.05) is 43.9 Å². The number of non-ortho nitro benzene ring substituents is 1. The summed E-state index contributed by atoms with van der Waals surface area (Å²) in [7, 11) is 0. The van der Waals surface area contributed by atoms with Crippen molar-refractivity contribution in [3.8, 4) is 0 Å². The molecule has 9 nitrogen and oxygen atoms in total. The number of carbonyl (C=O) groups excluding carboxylic acids is 2. The Morgan fingerprint density at radius 1 is 1.29 bits per heavy atom. The van der Waals surface area contributed by atoms with E-state index in [-0.39, 0.29) is 30.0 Å². The van der Waals surface area contributed by atoms with Crippen LogP contribution in [-0.4, -0.2) is 46.0 Å². The van der Waals surface area contributed by atoms with E-state index in [2.05, 4.69) is 0 Å². The number of aromatic nitrogens is 1. The Labute approximate surface area is 178 Å². The first-order valence-electron chi connectivity index (χ1n) is 10.2. The number of fused-ring (bicyclic) bond motifs is 1. The van der Waals surface area contributed by atoms with Crippen molar-refractivity contribution in [1.29, 1.82) is 0 Å². The molecule has 1 aliphatic heterocycles. The van der Waals surface area contributed by atoms with E-state index in [9.17, 15) is 19.7 Å². The summed E-state index contributed by atoms with van der Waals surface area (Å²) >= 11 is 0. The predicted molar refractivity (Wildman–Crippen MR) is 112 cm³/mol. The molecule has 1 aliphatic rings. The first kappa shape index (κ1) is 20.6. The van der Waals surface area contributed by atoms with Gasteiger partial charge in [0.25, 0.3) is 11.6 Å². The molecule has 162 valence electrons. The minimum absolute atomic E-state index is 0.00530. The molecule has 9 heteroatoms. The average molecular weight is 425 g/mol. The molecule has 31 heavy (non-hydrogen) atoms. The van der Waals surface area contributed by atoms with Gasteiger partial charge < -0.3 is 18.6 Å². The van der Waals surface area contributed by atoms with E-state index >= 15 is 0 Å². The number of hydrogen-bond acceptors (Lipinski definition) is 6. The maximum Gasteiger partial charge on any atom is 0.310 e. The second kappa shape index (κ2) is 8.63. The Morgan fingerprint density at radius 3 is 2.90 bits per heavy atom. The van der Waals surface area contributed by atoms with Crippen LogP contribution in [0.5, 0.6) is 0 Å². The number of nitro groups is 1. The first-order chi connectivity index (χ1) is 15.0. The molecule has 0 aliphatic carbocycles. The third-order valence-electron chi connectivity index (χ3n) is 5.53. The Morgan fingerprint density at radius 2 is 2.13 bits per heavy atom. The summed E-state index contributed by atoms with van der Waals surface area (Å²) in [5, 5.41) is 11.1. The third kappa shape index (κ3) is 4.16. The van der Waals surface area contributed by atoms with Crippen molar-refractivity contribution in [2.24, 2.45) is 5.92 Å². The molecule has 0 bridgehead atoms. The summed E-state index contributed by atoms with van der Waals surface area (Å²) in [6, 6.07) is 9.79. The van der Waals surface area contributed by atoms with Crippen molar-refractivity contribution in [1.82, 2.24) is 9.47 Å². The number of furan rings is 1. The fourth-order valence-electron chi connectivity index (χ4n) is 4.05. The zero-order chi connectivity index (χ0) is 22.0. The van der Waals surface area contributed by atoms with Crippen molar-refractivity contribution < 1.29 is 23.7 Å². The molecule has 3 aromatic rings. The molecule has 1 saturated heterocycles. The molecule has 2 aromatic heterocycles. The largest absolute Gasteiger partial charge is 0.466 e. The van der Waals surface area contributed by atoms with E-state index < -0.39 is 4.92 Å². The Bertz CT molecular complexity index is 1130. The van der Waals surface area contributed by atoms with Crippen LogP contribution < -0.4 is 0 Å². The number of piperidine rings is 1. The molecule has 0 N–H and O–H groups in total. The van der Waals surface area contributed by atoms with Gasteiger partial charge in [-0.2, -0.15) is 0 Å². The standard InChI is InChI=1S/C22H23N3O6/c1-2-30-22(27)16-6-4-9-23(14-16)21(26)19-12-20-18(8-10-31-20)24(19)13-15-5-3-7-17(11-15)25(28)29/h3,5,7-8,10-12,16H,2,4,6,9,13-14H2,1H3. The summed E-state index contributed by atoms with van der Waals surface area (Å²) in [6.07, 6.45) is 2.96. The van der Waals surface area contributed by atoms with Crippen molar-refractivity contribution >= 4 is 28.7 Å². The smallest absolute Gasteiger partial charge is 0.310 e. The van der Waals surface area contributed by atoms with Crippen LogP contribution in [0, 0.1) is 16.0 Å². The molecule has 1 aromatic carbocycles. The van der Waals surface area contributed by atoms with E-state index in [1.807, 2.05) is 0 Å². The highest BCUT2D eigenvalue weighted by atomic mass is 16.6. The highest BCUT2D eigenvalue weighted by Crippen LogP contribution is 2.26. The van der Waals surface area contributed by atoms with Gasteiger partial charge in [-0.3, -0.25) is 19.7 Å². The van der Waals surface area contributed by atoms with Crippen molar-refractivity contribution in [3.05, 3.63) is 64.0 Å². The van der Waals surface area contributed by atoms with Crippen molar-refractivity contribution in [3.63, 3.8) is 0 Å². The van der Waals surface area contributed by atoms with Gasteiger partial charge in [0.05, 0.1) is 29.2 Å². The minimum Gasteiger partial charge on any atom is -0.466 e. The number of hydrogen-bond donors (Lipinski definition) is 0. The highest BCUT2D eigenvalue weighted by molar-refractivity contribution is 5.98. The van der Waals surface area contributed by atoms with Crippen molar-refractivity contribution in [2.75, 3.05) is 19.7 Å². The molecule has 0 spiro atoms. The van der Waals surface area contributed by atoms with Crippen LogP contribution in [0.1, 0.15) is 35.8 Å². The lowest BCUT2D eigenvalue weighted by Gasteiger charge is -2.31. The number of esters is 1. The fourth-order valence-corrected chi connectivity index (χ4v) is 4.05. The molecular weight excluding hydrogens is 402 g/mol. The fraction of sp³-hybridized carbons (Fsp3) is 0.364. The zero-order valence-corrected chi connectivity index (χ0v) is 17.2. The van der Waals surface area contributed by atoms with Gasteiger partial charge in [0.2, 0.25) is 0 Å². The maximum atomic E-state index is 13.4. The Kier molecular flexibility index (Phi) is 5.75. The second-order valence-electron chi connectivity index (χ2n) is 7.56. The molecule has 3 heterocycles. The van der Waals surface area contributed by atoms with Gasteiger partial charge in [-0.25, -0.2) is 0 Å². The number of rotatable bonds is 6. The molecule has 1 amide bonds. The summed E-state index contributed by atoms with van der Waals surface area (Å²) in [5.41, 5.74) is 2.41. The van der Waals surface area contributed by atoms with Gasteiger partial charge in [0.15, 0.2) is 5.58 Å². The number of amides is 1. The number of ether oxygens (including phenoxy) is 1. The lowest BCUT2D eigenvalue weighted by Crippen LogP contribution is -2.43. The van der Waals surface area contributed by atoms with Gasteiger partial charge in [0.1, 0.15) is 5.69 Å². The lowest BCUT2D eigenvalue weighted by atomic mass is 9.98. The van der Waals surface area contributed by atoms with Crippen molar-refractivity contribution in [2.45, 2.75) is 26.3 Å². The summed E-state index contributed by atoms with van der Waals surface area (Å²) in [5.74, 6) is -0.813. The number of benzene rings is 1. The van der Waals surface area contributed by atoms with Crippen LogP contribution in [0.25, 0.3) is 11.1 Å². The van der Waals surface area contributed by atoms with Gasteiger partial charge in [-0.1, -0.05) is 12.1 Å². The van der Waals surface area contributed by atoms with Gasteiger partial charge in [-0.15, -0.1) is 0 Å². The van der Waals surface area contributed by atoms with Crippen LogP contribution in [0.2, 0.25) is 0 Å². The zero-order valence-electron chi connectivity index (χ0n) is 17.2. The molecule has 1 fully saturated rings. The van der Waals surface area contributed by atoms with E-state index in [4.69, 9.17) is 9.15 Å². The molecule has 1 unspecified atom stereocenters. The summed E-state index contributed by atoms with van der Waals surface area (Å²) in [4.78, 5) is 37.9. The monoisotopic (exact) mass is 425 g/mol. The third-order valence-corrected chi connectivity index (χ3v) is 5.53. The SMILES string of the molecule is CCOC(=O)C1CCCN(C(=O)c2cc3occc3n2Cc2cccc([N+](=O)[O-])c2)C1.